The third-order valence-corrected chi connectivity index (χ3v) is 4.28. The van der Waals surface area contributed by atoms with Crippen molar-refractivity contribution in [3.05, 3.63) is 58.3 Å². The van der Waals surface area contributed by atoms with E-state index >= 15 is 0 Å². The lowest BCUT2D eigenvalue weighted by molar-refractivity contribution is 0.0699. The van der Waals surface area contributed by atoms with Gasteiger partial charge in [-0.3, -0.25) is 4.79 Å². The van der Waals surface area contributed by atoms with Crippen molar-refractivity contribution in [2.24, 2.45) is 0 Å². The number of aromatic amines is 1. The molecule has 1 fully saturated rings. The largest absolute Gasteiger partial charge is 0.477 e. The van der Waals surface area contributed by atoms with E-state index in [-0.39, 0.29) is 17.2 Å². The summed E-state index contributed by atoms with van der Waals surface area (Å²) in [6, 6.07) is 6.94. The van der Waals surface area contributed by atoms with Crippen molar-refractivity contribution in [1.29, 1.82) is 0 Å². The number of carbonyl (C=O) groups is 1. The molecule has 0 amide bonds. The highest BCUT2D eigenvalue weighted by Gasteiger charge is 2.28. The van der Waals surface area contributed by atoms with Gasteiger partial charge < -0.3 is 15.0 Å². The van der Waals surface area contributed by atoms with Crippen LogP contribution in [0, 0.1) is 0 Å². The van der Waals surface area contributed by atoms with E-state index in [2.05, 4.69) is 20.0 Å². The lowest BCUT2D eigenvalue weighted by atomic mass is 10.1. The molecular formula is C16H15N5O3. The van der Waals surface area contributed by atoms with Crippen LogP contribution in [0.15, 0.2) is 41.5 Å². The number of rotatable bonds is 3. The maximum absolute atomic E-state index is 11.6. The van der Waals surface area contributed by atoms with Crippen LogP contribution in [0.2, 0.25) is 0 Å². The van der Waals surface area contributed by atoms with Crippen LogP contribution in [0.4, 0.5) is 5.82 Å². The summed E-state index contributed by atoms with van der Waals surface area (Å²) in [5.74, 6) is -0.377. The number of hydrogen-bond acceptors (Lipinski definition) is 5. The van der Waals surface area contributed by atoms with E-state index in [0.717, 1.165) is 25.1 Å². The van der Waals surface area contributed by atoms with Crippen LogP contribution < -0.4 is 10.5 Å². The number of fused-ring (bicyclic) bond motifs is 1. The Labute approximate surface area is 136 Å². The van der Waals surface area contributed by atoms with E-state index in [9.17, 15) is 14.7 Å². The van der Waals surface area contributed by atoms with Crippen LogP contribution in [0.1, 0.15) is 34.9 Å². The van der Waals surface area contributed by atoms with E-state index in [4.69, 9.17) is 0 Å². The molecule has 0 aromatic carbocycles. The molecule has 0 bridgehead atoms. The molecule has 8 heteroatoms. The molecule has 1 aliphatic rings. The molecular weight excluding hydrogens is 310 g/mol. The van der Waals surface area contributed by atoms with Crippen LogP contribution in [0.5, 0.6) is 0 Å². The minimum atomic E-state index is -1.06. The number of aromatic nitrogens is 4. The van der Waals surface area contributed by atoms with Gasteiger partial charge >= 0.3 is 5.97 Å². The number of carboxylic acid groups (broad SMARTS) is 1. The van der Waals surface area contributed by atoms with Crippen molar-refractivity contribution in [2.75, 3.05) is 11.4 Å². The predicted octanol–water partition coefficient (Wildman–Crippen LogP) is 1.46. The Kier molecular flexibility index (Phi) is 3.30. The number of nitrogens with one attached hydrogen (secondary N) is 1. The molecule has 4 heterocycles. The Morgan fingerprint density at radius 1 is 1.33 bits per heavy atom. The first-order valence-electron chi connectivity index (χ1n) is 7.67. The molecule has 1 aliphatic heterocycles. The van der Waals surface area contributed by atoms with E-state index < -0.39 is 5.97 Å². The summed E-state index contributed by atoms with van der Waals surface area (Å²) in [5, 5.41) is 13.2. The number of carboxylic acids is 1. The average molecular weight is 325 g/mol. The van der Waals surface area contributed by atoms with E-state index in [1.54, 1.807) is 12.3 Å². The highest BCUT2D eigenvalue weighted by molar-refractivity contribution is 5.94. The van der Waals surface area contributed by atoms with Gasteiger partial charge in [-0.05, 0) is 25.0 Å². The Morgan fingerprint density at radius 2 is 2.21 bits per heavy atom. The standard InChI is InChI=1S/C16H15N5O3/c22-14-5-1-3-11(18-14)12-4-2-7-20(12)13-6-8-21-15(19-13)10(9-17-21)16(23)24/h1,3,5-6,8-9,12H,2,4,7H2,(H,18,22)(H,23,24). The summed E-state index contributed by atoms with van der Waals surface area (Å²) < 4.78 is 1.45. The minimum absolute atomic E-state index is 0.0186. The highest BCUT2D eigenvalue weighted by atomic mass is 16.4. The third kappa shape index (κ3) is 2.32. The first kappa shape index (κ1) is 14.4. The second-order valence-electron chi connectivity index (χ2n) is 5.74. The maximum atomic E-state index is 11.6. The fourth-order valence-corrected chi connectivity index (χ4v) is 3.19. The zero-order valence-electron chi connectivity index (χ0n) is 12.7. The molecule has 1 unspecified atom stereocenters. The quantitative estimate of drug-likeness (QED) is 0.755. The van der Waals surface area contributed by atoms with Crippen LogP contribution in [-0.4, -0.2) is 37.2 Å². The Bertz CT molecular complexity index is 977. The predicted molar refractivity (Wildman–Crippen MR) is 86.3 cm³/mol. The zero-order chi connectivity index (χ0) is 16.7. The van der Waals surface area contributed by atoms with Crippen LogP contribution in [-0.2, 0) is 0 Å². The van der Waals surface area contributed by atoms with Gasteiger partial charge in [-0.15, -0.1) is 0 Å². The minimum Gasteiger partial charge on any atom is -0.477 e. The maximum Gasteiger partial charge on any atom is 0.341 e. The number of nitrogens with zero attached hydrogens (tertiary/aromatic N) is 4. The lowest BCUT2D eigenvalue weighted by Crippen LogP contribution is -2.25. The fourth-order valence-electron chi connectivity index (χ4n) is 3.19. The van der Waals surface area contributed by atoms with Crippen LogP contribution >= 0.6 is 0 Å². The zero-order valence-corrected chi connectivity index (χ0v) is 12.7. The second kappa shape index (κ2) is 5.48. The smallest absolute Gasteiger partial charge is 0.341 e. The van der Waals surface area contributed by atoms with Crippen LogP contribution in [0.25, 0.3) is 5.65 Å². The number of aromatic carboxylic acids is 1. The van der Waals surface area contributed by atoms with E-state index in [1.165, 1.54) is 16.8 Å². The SMILES string of the molecule is O=C(O)c1cnn2ccc(N3CCCC3c3cccc(=O)[nH]3)nc12. The average Bonchev–Trinajstić information content (AvgIpc) is 3.21. The van der Waals surface area contributed by atoms with Gasteiger partial charge in [0.2, 0.25) is 5.56 Å². The number of pyridine rings is 1. The molecule has 0 radical (unpaired) electrons. The summed E-state index contributed by atoms with van der Waals surface area (Å²) in [7, 11) is 0. The topological polar surface area (TPSA) is 104 Å². The molecule has 1 atom stereocenters. The number of hydrogen-bond donors (Lipinski definition) is 2. The van der Waals surface area contributed by atoms with Crippen molar-refractivity contribution in [1.82, 2.24) is 19.6 Å². The van der Waals surface area contributed by atoms with E-state index in [0.29, 0.717) is 11.5 Å². The van der Waals surface area contributed by atoms with Gasteiger partial charge in [0.15, 0.2) is 5.65 Å². The van der Waals surface area contributed by atoms with Gasteiger partial charge in [-0.25, -0.2) is 14.3 Å². The lowest BCUT2D eigenvalue weighted by Gasteiger charge is -2.25. The fraction of sp³-hybridized carbons (Fsp3) is 0.250. The summed E-state index contributed by atoms with van der Waals surface area (Å²) in [5.41, 5.74) is 1.09. The number of H-pyrrole nitrogens is 1. The summed E-state index contributed by atoms with van der Waals surface area (Å²) in [4.78, 5) is 32.3. The normalized spacial score (nSPS) is 17.5. The highest BCUT2D eigenvalue weighted by Crippen LogP contribution is 2.34. The molecule has 24 heavy (non-hydrogen) atoms. The van der Waals surface area contributed by atoms with Gasteiger partial charge in [0.25, 0.3) is 0 Å². The first-order valence-corrected chi connectivity index (χ1v) is 7.67. The van der Waals surface area contributed by atoms with Crippen molar-refractivity contribution >= 4 is 17.4 Å². The Hall–Kier alpha value is -3.16. The molecule has 3 aromatic rings. The molecule has 0 saturated carbocycles. The Balaban J connectivity index is 1.77. The van der Waals surface area contributed by atoms with Crippen molar-refractivity contribution in [2.45, 2.75) is 18.9 Å². The summed E-state index contributed by atoms with van der Waals surface area (Å²) >= 11 is 0. The molecule has 4 rings (SSSR count). The molecule has 1 saturated heterocycles. The van der Waals surface area contributed by atoms with Crippen molar-refractivity contribution in [3.8, 4) is 0 Å². The molecule has 0 spiro atoms. The van der Waals surface area contributed by atoms with E-state index in [1.807, 2.05) is 12.1 Å². The van der Waals surface area contributed by atoms with Gasteiger partial charge in [0, 0.05) is 24.5 Å². The van der Waals surface area contributed by atoms with Crippen molar-refractivity contribution in [3.63, 3.8) is 0 Å². The molecule has 8 nitrogen and oxygen atoms in total. The van der Waals surface area contributed by atoms with Crippen molar-refractivity contribution < 1.29 is 9.90 Å². The Morgan fingerprint density at radius 3 is 3.00 bits per heavy atom. The van der Waals surface area contributed by atoms with Gasteiger partial charge in [-0.1, -0.05) is 6.07 Å². The molecule has 0 aliphatic carbocycles. The monoisotopic (exact) mass is 325 g/mol. The first-order chi connectivity index (χ1) is 11.6. The van der Waals surface area contributed by atoms with Crippen LogP contribution in [0.3, 0.4) is 0 Å². The number of anilines is 1. The third-order valence-electron chi connectivity index (χ3n) is 4.28. The molecule has 122 valence electrons. The van der Waals surface area contributed by atoms with Gasteiger partial charge in [0.05, 0.1) is 12.2 Å². The second-order valence-corrected chi connectivity index (χ2v) is 5.74. The summed E-state index contributed by atoms with van der Waals surface area (Å²) in [6.45, 7) is 0.793. The molecule has 3 aromatic heterocycles. The summed E-state index contributed by atoms with van der Waals surface area (Å²) in [6.07, 6.45) is 4.87. The molecule has 2 N–H and O–H groups in total. The van der Waals surface area contributed by atoms with Gasteiger partial charge in [-0.2, -0.15) is 5.10 Å². The van der Waals surface area contributed by atoms with Gasteiger partial charge in [0.1, 0.15) is 11.4 Å².